The number of amides is 1. The fourth-order valence-electron chi connectivity index (χ4n) is 10.8. The van der Waals surface area contributed by atoms with E-state index in [-0.39, 0.29) is 88.2 Å². The van der Waals surface area contributed by atoms with Gasteiger partial charge in [-0.05, 0) is 75.4 Å². The molecule has 0 radical (unpaired) electrons. The van der Waals surface area contributed by atoms with Crippen LogP contribution in [0.4, 0.5) is 0 Å². The smallest absolute Gasteiger partial charge is 0.393 e. The number of aliphatic hydroxyl groups is 1. The van der Waals surface area contributed by atoms with Crippen molar-refractivity contribution in [1.29, 1.82) is 0 Å². The summed E-state index contributed by atoms with van der Waals surface area (Å²) in [7, 11) is -10.5. The van der Waals surface area contributed by atoms with E-state index in [1.165, 1.54) is 0 Å². The Balaban J connectivity index is 0.886. The van der Waals surface area contributed by atoms with Gasteiger partial charge in [-0.2, -0.15) is 4.31 Å². The largest absolute Gasteiger partial charge is 0.481 e. The molecule has 354 valence electrons. The Morgan fingerprint density at radius 3 is 2.41 bits per heavy atom. The van der Waals surface area contributed by atoms with Gasteiger partial charge in [-0.25, -0.2) is 9.13 Å². The van der Waals surface area contributed by atoms with Gasteiger partial charge in [0.25, 0.3) is 0 Å². The third kappa shape index (κ3) is 12.1. The molecule has 20 heteroatoms. The number of phosphoric ester groups is 2. The van der Waals surface area contributed by atoms with E-state index in [2.05, 4.69) is 21.5 Å². The van der Waals surface area contributed by atoms with Gasteiger partial charge in [0.2, 0.25) is 5.91 Å². The summed E-state index contributed by atoms with van der Waals surface area (Å²) in [4.78, 5) is 59.3. The zero-order chi connectivity index (χ0) is 45.3. The number of phosphoric acid groups is 2. The second-order valence-corrected chi connectivity index (χ2v) is 20.6. The van der Waals surface area contributed by atoms with Crippen molar-refractivity contribution in [3.8, 4) is 11.8 Å². The molecule has 5 aliphatic carbocycles. The van der Waals surface area contributed by atoms with Crippen LogP contribution in [0.15, 0.2) is 23.8 Å². The average Bonchev–Trinajstić information content (AvgIpc) is 3.69. The maximum absolute atomic E-state index is 14.4. The highest BCUT2D eigenvalue weighted by Crippen LogP contribution is 2.70. The molecule has 0 aromatic heterocycles. The molecule has 0 aromatic rings. The average molecular weight is 930 g/mol. The van der Waals surface area contributed by atoms with Crippen molar-refractivity contribution in [3.05, 3.63) is 23.8 Å². The fraction of sp³-hybridized carbons (Fsp3) is 0.791. The van der Waals surface area contributed by atoms with Gasteiger partial charge in [0.15, 0.2) is 23.5 Å². The summed E-state index contributed by atoms with van der Waals surface area (Å²) in [6.07, 6.45) is 10.7. The molecule has 4 unspecified atom stereocenters. The second kappa shape index (κ2) is 22.1. The lowest BCUT2D eigenvalue weighted by molar-refractivity contribution is -0.200. The third-order valence-corrected chi connectivity index (χ3v) is 16.1. The van der Waals surface area contributed by atoms with Gasteiger partial charge in [0, 0.05) is 29.7 Å². The number of hydrogen-bond donors (Lipinski definition) is 4. The number of Topliss-reactive ketones (excluding diaryl/α,β-unsaturated/α-hetero) is 1. The van der Waals surface area contributed by atoms with E-state index in [1.54, 1.807) is 12.2 Å². The lowest BCUT2D eigenvalue weighted by Gasteiger charge is -2.59. The molecule has 1 amide bonds. The summed E-state index contributed by atoms with van der Waals surface area (Å²) in [5, 5.41) is 14.6. The van der Waals surface area contributed by atoms with Crippen LogP contribution in [0.25, 0.3) is 0 Å². The van der Waals surface area contributed by atoms with Crippen LogP contribution >= 0.6 is 15.6 Å². The van der Waals surface area contributed by atoms with Crippen molar-refractivity contribution >= 4 is 33.1 Å². The van der Waals surface area contributed by atoms with E-state index in [9.17, 15) is 38.4 Å². The normalized spacial score (nSPS) is 35.3. The molecule has 0 bridgehead atoms. The van der Waals surface area contributed by atoms with E-state index in [1.807, 2.05) is 26.8 Å². The predicted octanol–water partition coefficient (Wildman–Crippen LogP) is 4.49. The zero-order valence-electron chi connectivity index (χ0n) is 36.6. The lowest BCUT2D eigenvalue weighted by Crippen LogP contribution is -2.63. The first-order chi connectivity index (χ1) is 30.0. The van der Waals surface area contributed by atoms with Crippen LogP contribution in [0.2, 0.25) is 0 Å². The Kier molecular flexibility index (Phi) is 17.6. The summed E-state index contributed by atoms with van der Waals surface area (Å²) >= 11 is 0. The summed E-state index contributed by atoms with van der Waals surface area (Å²) in [6, 6.07) is 0. The topological polar surface area (TPSA) is 241 Å². The fourth-order valence-corrected chi connectivity index (χ4v) is 12.8. The van der Waals surface area contributed by atoms with Crippen LogP contribution in [0.3, 0.4) is 0 Å². The zero-order valence-corrected chi connectivity index (χ0v) is 38.4. The molecule has 6 aliphatic rings. The number of ether oxygens (including phenoxy) is 6. The number of allylic oxidation sites excluding steroid dienone is 4. The summed E-state index contributed by atoms with van der Waals surface area (Å²) in [6.45, 7) is 5.58. The van der Waals surface area contributed by atoms with Crippen LogP contribution in [0, 0.1) is 40.4 Å². The highest BCUT2D eigenvalue weighted by atomic mass is 31.3. The van der Waals surface area contributed by atoms with E-state index >= 15 is 0 Å². The quantitative estimate of drug-likeness (QED) is 0.0592. The molecule has 4 N–H and O–H groups in total. The van der Waals surface area contributed by atoms with Gasteiger partial charge in [0.05, 0.1) is 58.5 Å². The van der Waals surface area contributed by atoms with E-state index in [0.717, 1.165) is 37.7 Å². The SMILES string of the molecule is CCCC1O[C@@H]2C[C@H]3[C@@H]4CCC5=CC(=O)C=C[C@]5(C)[C@H]4[C@@H](O)C[C@]3(C)[C@]2(C(=O)COP(=O)(O)OP(=O)(O)OCCOCCOCCOCCNC(=O)COC2C#CCCCCC2)O1. The molecular weight excluding hydrogens is 864 g/mol. The van der Waals surface area contributed by atoms with Crippen LogP contribution in [-0.4, -0.2) is 129 Å². The minimum Gasteiger partial charge on any atom is -0.393 e. The predicted molar refractivity (Wildman–Crippen MR) is 224 cm³/mol. The number of fused-ring (bicyclic) bond motifs is 7. The summed E-state index contributed by atoms with van der Waals surface area (Å²) < 4.78 is 74.6. The van der Waals surface area contributed by atoms with E-state index in [4.69, 9.17) is 37.5 Å². The number of carbonyl (C=O) groups excluding carboxylic acids is 3. The first-order valence-electron chi connectivity index (χ1n) is 22.3. The number of hydrogen-bond acceptors (Lipinski definition) is 15. The maximum Gasteiger partial charge on any atom is 0.481 e. The Morgan fingerprint density at radius 2 is 1.67 bits per heavy atom. The van der Waals surface area contributed by atoms with E-state index in [0.29, 0.717) is 38.6 Å². The van der Waals surface area contributed by atoms with Crippen molar-refractivity contribution in [2.75, 3.05) is 66.0 Å². The van der Waals surface area contributed by atoms with Gasteiger partial charge in [0.1, 0.15) is 19.3 Å². The molecule has 4 fully saturated rings. The Labute approximate surface area is 369 Å². The monoisotopic (exact) mass is 929 g/mol. The summed E-state index contributed by atoms with van der Waals surface area (Å²) in [5.41, 5.74) is -2.17. The molecule has 3 saturated carbocycles. The van der Waals surface area contributed by atoms with Gasteiger partial charge in [-0.15, -0.1) is 5.92 Å². The number of aliphatic hydroxyl groups excluding tert-OH is 1. The third-order valence-electron chi connectivity index (χ3n) is 13.5. The molecule has 18 nitrogen and oxygen atoms in total. The number of nitrogens with one attached hydrogen (secondary N) is 1. The minimum absolute atomic E-state index is 0.0474. The van der Waals surface area contributed by atoms with Crippen LogP contribution in [0.1, 0.15) is 91.4 Å². The Bertz CT molecular complexity index is 1850. The highest BCUT2D eigenvalue weighted by molar-refractivity contribution is 7.61. The summed E-state index contributed by atoms with van der Waals surface area (Å²) in [5.74, 6) is 4.72. The van der Waals surface area contributed by atoms with Gasteiger partial charge >= 0.3 is 15.6 Å². The molecule has 6 rings (SSSR count). The Hall–Kier alpha value is -2.17. The minimum atomic E-state index is -5.35. The van der Waals surface area contributed by atoms with Crippen LogP contribution in [-0.2, 0) is 65.3 Å². The van der Waals surface area contributed by atoms with Crippen LogP contribution < -0.4 is 5.32 Å². The van der Waals surface area contributed by atoms with Crippen molar-refractivity contribution in [2.24, 2.45) is 28.6 Å². The standard InChI is InChI=1S/C43H65NO17P2/c1-4-10-39-59-37-26-34-33-14-13-30-25-31(45)15-16-41(30,2)40(33)35(46)27-42(34,3)43(37,60-39)36(47)28-58-63(51,52)61-62(49,50)57-24-23-55-22-21-54-20-19-53-18-17-44-38(48)29-56-32-11-8-6-5-7-9-12-32/h15-16,25,32-35,37,39-40,46H,4-8,10-11,13-14,17-24,26-29H2,1-3H3,(H,44,48)(H,49,50)(H,51,52)/t32?,33-,34-,35-,37+,39?,40+,41-,42-,43+/m0/s1. The molecular formula is C43H65NO17P2. The first-order valence-corrected chi connectivity index (χ1v) is 25.3. The number of ketones is 2. The molecule has 0 spiro atoms. The van der Waals surface area contributed by atoms with Crippen molar-refractivity contribution in [2.45, 2.75) is 122 Å². The highest BCUT2D eigenvalue weighted by Gasteiger charge is 2.76. The van der Waals surface area contributed by atoms with Gasteiger partial charge in [-0.1, -0.05) is 51.2 Å². The molecule has 63 heavy (non-hydrogen) atoms. The number of carbonyl (C=O) groups is 3. The second-order valence-electron chi connectivity index (χ2n) is 17.6. The van der Waals surface area contributed by atoms with Crippen molar-refractivity contribution in [3.63, 3.8) is 0 Å². The molecule has 1 saturated heterocycles. The van der Waals surface area contributed by atoms with Crippen LogP contribution in [0.5, 0.6) is 0 Å². The molecule has 1 heterocycles. The van der Waals surface area contributed by atoms with Gasteiger partial charge in [-0.3, -0.25) is 23.4 Å². The van der Waals surface area contributed by atoms with Crippen molar-refractivity contribution < 1.29 is 80.2 Å². The van der Waals surface area contributed by atoms with Crippen molar-refractivity contribution in [1.82, 2.24) is 5.32 Å². The molecule has 12 atom stereocenters. The maximum atomic E-state index is 14.4. The molecule has 1 aliphatic heterocycles. The Morgan fingerprint density at radius 1 is 0.952 bits per heavy atom. The first kappa shape index (κ1) is 50.2. The van der Waals surface area contributed by atoms with E-state index < -0.39 is 69.6 Å². The lowest BCUT2D eigenvalue weighted by atomic mass is 9.46. The van der Waals surface area contributed by atoms with Gasteiger partial charge < -0.3 is 48.6 Å². The molecule has 0 aromatic carbocycles. The number of rotatable bonds is 24.